The molecule has 0 bridgehead atoms. The molecule has 1 spiro atoms. The number of likely N-dealkylation sites (N-methyl/N-ethyl adjacent to an activating group) is 1. The van der Waals surface area contributed by atoms with Crippen LogP contribution in [0.25, 0.3) is 0 Å². The topological polar surface area (TPSA) is 69.7 Å². The highest BCUT2D eigenvalue weighted by molar-refractivity contribution is 5.95. The Kier molecular flexibility index (Phi) is 6.35. The lowest BCUT2D eigenvalue weighted by Gasteiger charge is -2.41. The molecule has 1 aliphatic carbocycles. The van der Waals surface area contributed by atoms with Gasteiger partial charge in [0.1, 0.15) is 5.54 Å². The van der Waals surface area contributed by atoms with Gasteiger partial charge in [-0.05, 0) is 50.0 Å². The quantitative estimate of drug-likeness (QED) is 0.805. The van der Waals surface area contributed by atoms with Crippen LogP contribution in [0.1, 0.15) is 69.4 Å². The van der Waals surface area contributed by atoms with E-state index in [4.69, 9.17) is 0 Å². The zero-order valence-electron chi connectivity index (χ0n) is 18.8. The summed E-state index contributed by atoms with van der Waals surface area (Å²) in [5.41, 5.74) is 0.00553. The second-order valence-electron chi connectivity index (χ2n) is 9.61. The lowest BCUT2D eigenvalue weighted by atomic mass is 9.85. The van der Waals surface area contributed by atoms with Gasteiger partial charge in [0.15, 0.2) is 0 Å². The van der Waals surface area contributed by atoms with E-state index in [0.29, 0.717) is 31.7 Å². The first kappa shape index (κ1) is 21.8. The van der Waals surface area contributed by atoms with Gasteiger partial charge in [-0.3, -0.25) is 14.4 Å². The Hall–Kier alpha value is -2.37. The normalized spacial score (nSPS) is 29.4. The van der Waals surface area contributed by atoms with Gasteiger partial charge in [-0.1, -0.05) is 43.2 Å². The summed E-state index contributed by atoms with van der Waals surface area (Å²) in [5.74, 6) is -0.106. The predicted octanol–water partition coefficient (Wildman–Crippen LogP) is 3.28. The van der Waals surface area contributed by atoms with Crippen molar-refractivity contribution >= 4 is 17.7 Å². The maximum absolute atomic E-state index is 13.9. The number of hydrogen-bond acceptors (Lipinski definition) is 3. The number of likely N-dealkylation sites (tertiary alicyclic amines) is 2. The molecule has 31 heavy (non-hydrogen) atoms. The third kappa shape index (κ3) is 3.97. The van der Waals surface area contributed by atoms with E-state index >= 15 is 0 Å². The summed E-state index contributed by atoms with van der Waals surface area (Å²) >= 11 is 0. The standard InChI is InChI=1S/C25H35N3O3/c1-26-23(30)20-17-25(14-8-9-15-27(2)24(25)31)28(21(29)16-18-10-6-7-11-18)22(20)19-12-4-3-5-13-19/h3-5,12-13,18,20,22H,6-11,14-17H2,1-2H3,(H,26,30)/t20-,22-,25-/m0/s1. The summed E-state index contributed by atoms with van der Waals surface area (Å²) in [6.07, 6.45) is 7.81. The van der Waals surface area contributed by atoms with Gasteiger partial charge in [0.05, 0.1) is 12.0 Å². The Bertz CT molecular complexity index is 821. The molecule has 3 aliphatic rings. The van der Waals surface area contributed by atoms with Crippen LogP contribution in [0.4, 0.5) is 0 Å². The van der Waals surface area contributed by atoms with Crippen molar-refractivity contribution in [1.29, 1.82) is 0 Å². The van der Waals surface area contributed by atoms with Gasteiger partial charge in [-0.25, -0.2) is 0 Å². The van der Waals surface area contributed by atoms with E-state index in [1.165, 1.54) is 12.8 Å². The molecule has 1 saturated carbocycles. The number of amides is 3. The van der Waals surface area contributed by atoms with Gasteiger partial charge < -0.3 is 15.1 Å². The molecule has 0 unspecified atom stereocenters. The molecule has 2 aliphatic heterocycles. The second-order valence-corrected chi connectivity index (χ2v) is 9.61. The van der Waals surface area contributed by atoms with Crippen molar-refractivity contribution in [2.45, 2.75) is 69.4 Å². The number of rotatable bonds is 4. The molecule has 6 heteroatoms. The third-order valence-electron chi connectivity index (χ3n) is 7.69. The molecule has 168 valence electrons. The van der Waals surface area contributed by atoms with E-state index < -0.39 is 17.5 Å². The van der Waals surface area contributed by atoms with Crippen molar-refractivity contribution in [1.82, 2.24) is 15.1 Å². The monoisotopic (exact) mass is 425 g/mol. The third-order valence-corrected chi connectivity index (χ3v) is 7.69. The molecule has 3 fully saturated rings. The fourth-order valence-electron chi connectivity index (χ4n) is 6.17. The van der Waals surface area contributed by atoms with Crippen LogP contribution >= 0.6 is 0 Å². The molecular formula is C25H35N3O3. The minimum absolute atomic E-state index is 0.00268. The van der Waals surface area contributed by atoms with Gasteiger partial charge in [0.2, 0.25) is 17.7 Å². The van der Waals surface area contributed by atoms with Crippen LogP contribution in [0.15, 0.2) is 30.3 Å². The lowest BCUT2D eigenvalue weighted by molar-refractivity contribution is -0.153. The predicted molar refractivity (Wildman–Crippen MR) is 119 cm³/mol. The second kappa shape index (κ2) is 9.01. The van der Waals surface area contributed by atoms with E-state index in [9.17, 15) is 14.4 Å². The van der Waals surface area contributed by atoms with Gasteiger partial charge in [-0.2, -0.15) is 0 Å². The lowest BCUT2D eigenvalue weighted by Crippen LogP contribution is -2.57. The molecule has 3 atom stereocenters. The minimum Gasteiger partial charge on any atom is -0.359 e. The summed E-state index contributed by atoms with van der Waals surface area (Å²) in [6, 6.07) is 9.40. The molecule has 1 aromatic rings. The molecule has 2 heterocycles. The van der Waals surface area contributed by atoms with Crippen LogP contribution < -0.4 is 5.32 Å². The average Bonchev–Trinajstić information content (AvgIpc) is 3.39. The van der Waals surface area contributed by atoms with Gasteiger partial charge in [0.25, 0.3) is 0 Å². The summed E-state index contributed by atoms with van der Waals surface area (Å²) < 4.78 is 0. The first-order chi connectivity index (χ1) is 15.0. The molecular weight excluding hydrogens is 390 g/mol. The Labute approximate surface area is 185 Å². The molecule has 3 amide bonds. The first-order valence-corrected chi connectivity index (χ1v) is 11.8. The number of hydrogen-bond donors (Lipinski definition) is 1. The summed E-state index contributed by atoms with van der Waals surface area (Å²) in [4.78, 5) is 44.3. The van der Waals surface area contributed by atoms with E-state index in [1.807, 2.05) is 42.3 Å². The number of nitrogens with one attached hydrogen (secondary N) is 1. The number of carbonyl (C=O) groups excluding carboxylic acids is 3. The summed E-state index contributed by atoms with van der Waals surface area (Å²) in [6.45, 7) is 0.700. The highest BCUT2D eigenvalue weighted by Crippen LogP contribution is 2.51. The van der Waals surface area contributed by atoms with Crippen molar-refractivity contribution in [3.8, 4) is 0 Å². The summed E-state index contributed by atoms with van der Waals surface area (Å²) in [7, 11) is 3.47. The number of nitrogens with zero attached hydrogens (tertiary/aromatic N) is 2. The average molecular weight is 426 g/mol. The van der Waals surface area contributed by atoms with Crippen molar-refractivity contribution in [3.05, 3.63) is 35.9 Å². The zero-order chi connectivity index (χ0) is 22.0. The van der Waals surface area contributed by atoms with E-state index in [-0.39, 0.29) is 17.7 Å². The SMILES string of the molecule is CNC(=O)[C@H]1C[C@]2(CCCCN(C)C2=O)N(C(=O)CC2CCCC2)[C@H]1c1ccccc1. The van der Waals surface area contributed by atoms with E-state index in [0.717, 1.165) is 31.2 Å². The van der Waals surface area contributed by atoms with Crippen molar-refractivity contribution < 1.29 is 14.4 Å². The summed E-state index contributed by atoms with van der Waals surface area (Å²) in [5, 5.41) is 2.80. The van der Waals surface area contributed by atoms with Crippen molar-refractivity contribution in [3.63, 3.8) is 0 Å². The molecule has 1 N–H and O–H groups in total. The van der Waals surface area contributed by atoms with Crippen LogP contribution in [0.3, 0.4) is 0 Å². The molecule has 2 saturated heterocycles. The van der Waals surface area contributed by atoms with Gasteiger partial charge in [-0.15, -0.1) is 0 Å². The van der Waals surface area contributed by atoms with Crippen LogP contribution in [0.2, 0.25) is 0 Å². The molecule has 4 rings (SSSR count). The Morgan fingerprint density at radius 2 is 1.81 bits per heavy atom. The highest BCUT2D eigenvalue weighted by Gasteiger charge is 2.60. The van der Waals surface area contributed by atoms with Crippen LogP contribution in [-0.4, -0.2) is 53.7 Å². The first-order valence-electron chi connectivity index (χ1n) is 11.8. The van der Waals surface area contributed by atoms with Crippen LogP contribution in [0.5, 0.6) is 0 Å². The number of carbonyl (C=O) groups is 3. The number of benzene rings is 1. The largest absolute Gasteiger partial charge is 0.359 e. The van der Waals surface area contributed by atoms with Crippen LogP contribution in [0, 0.1) is 11.8 Å². The fraction of sp³-hybridized carbons (Fsp3) is 0.640. The van der Waals surface area contributed by atoms with E-state index in [1.54, 1.807) is 11.9 Å². The molecule has 0 radical (unpaired) electrons. The van der Waals surface area contributed by atoms with E-state index in [2.05, 4.69) is 5.32 Å². The Balaban J connectivity index is 1.81. The zero-order valence-corrected chi connectivity index (χ0v) is 18.8. The van der Waals surface area contributed by atoms with Crippen LogP contribution in [-0.2, 0) is 14.4 Å². The molecule has 1 aromatic carbocycles. The highest BCUT2D eigenvalue weighted by atomic mass is 16.2. The molecule has 6 nitrogen and oxygen atoms in total. The Morgan fingerprint density at radius 3 is 2.48 bits per heavy atom. The van der Waals surface area contributed by atoms with Gasteiger partial charge >= 0.3 is 0 Å². The minimum atomic E-state index is -0.932. The fourth-order valence-corrected chi connectivity index (χ4v) is 6.17. The van der Waals surface area contributed by atoms with Crippen molar-refractivity contribution in [2.75, 3.05) is 20.6 Å². The maximum atomic E-state index is 13.9. The molecule has 0 aromatic heterocycles. The smallest absolute Gasteiger partial charge is 0.248 e. The van der Waals surface area contributed by atoms with Gasteiger partial charge in [0, 0.05) is 27.1 Å². The van der Waals surface area contributed by atoms with Crippen molar-refractivity contribution in [2.24, 2.45) is 11.8 Å². The maximum Gasteiger partial charge on any atom is 0.248 e. The Morgan fingerprint density at radius 1 is 1.10 bits per heavy atom.